The van der Waals surface area contributed by atoms with E-state index in [-0.39, 0.29) is 0 Å². The lowest BCUT2D eigenvalue weighted by Gasteiger charge is -2.40. The van der Waals surface area contributed by atoms with E-state index in [4.69, 9.17) is 9.15 Å². The van der Waals surface area contributed by atoms with Gasteiger partial charge in [0, 0.05) is 38.5 Å². The summed E-state index contributed by atoms with van der Waals surface area (Å²) in [5.74, 6) is 1.81. The van der Waals surface area contributed by atoms with Crippen LogP contribution in [0, 0.1) is 0 Å². The van der Waals surface area contributed by atoms with Crippen LogP contribution >= 0.6 is 0 Å². The van der Waals surface area contributed by atoms with Gasteiger partial charge in [0.05, 0.1) is 27.6 Å². The third-order valence-corrected chi connectivity index (χ3v) is 16.9. The summed E-state index contributed by atoms with van der Waals surface area (Å²) in [5.41, 5.74) is 21.2. The summed E-state index contributed by atoms with van der Waals surface area (Å²) >= 11 is 0. The molecule has 0 amide bonds. The monoisotopic (exact) mass is 927 g/mol. The molecule has 13 aromatic rings. The fraction of sp³-hybridized carbons (Fsp3) is 0.0286. The molecule has 3 nitrogen and oxygen atoms in total. The normalized spacial score (nSPS) is 14.4. The van der Waals surface area contributed by atoms with Crippen molar-refractivity contribution in [1.82, 2.24) is 0 Å². The molecule has 73 heavy (non-hydrogen) atoms. The molecule has 0 fully saturated rings. The van der Waals surface area contributed by atoms with Crippen LogP contribution in [0.25, 0.3) is 76.9 Å². The van der Waals surface area contributed by atoms with Crippen molar-refractivity contribution in [2.45, 2.75) is 10.8 Å². The first kappa shape index (κ1) is 39.3. The minimum atomic E-state index is -0.722. The number of benzene rings is 12. The van der Waals surface area contributed by atoms with E-state index in [1.165, 1.54) is 66.8 Å². The highest BCUT2D eigenvalue weighted by Crippen LogP contribution is 2.67. The SMILES string of the molecule is c1ccc2c(c1)-c1ccccc1C21c2ccccc2-c2ccc(N(c3cccc4c3-c3ccccc3C43c4ccc5ccccc5c4Oc4c3ccc3ccccc43)c3cccc4oc5ccccc5c34)cc21. The van der Waals surface area contributed by atoms with Crippen LogP contribution in [-0.2, 0) is 10.8 Å². The van der Waals surface area contributed by atoms with E-state index < -0.39 is 10.8 Å². The van der Waals surface area contributed by atoms with Gasteiger partial charge in [0.2, 0.25) is 0 Å². The summed E-state index contributed by atoms with van der Waals surface area (Å²) in [6.45, 7) is 0. The number of furan rings is 1. The number of hydrogen-bond acceptors (Lipinski definition) is 3. The van der Waals surface area contributed by atoms with Gasteiger partial charge in [0.25, 0.3) is 0 Å². The van der Waals surface area contributed by atoms with Crippen LogP contribution in [0.1, 0.15) is 44.5 Å². The molecule has 12 aromatic carbocycles. The molecular formula is C70H41NO2. The van der Waals surface area contributed by atoms with Gasteiger partial charge in [-0.05, 0) is 108 Å². The lowest BCUT2D eigenvalue weighted by molar-refractivity contribution is 0.447. The summed E-state index contributed by atoms with van der Waals surface area (Å²) < 4.78 is 14.1. The standard InChI is InChI=1S/C70H41NO2/c1-3-19-45-42(17-1)35-39-58-67(45)73-68-46-20-4-2-18-43(46)36-40-59(68)70(58)56-29-13-8-24-51(56)65-57(70)30-15-31-61(65)71(62-32-16-34-64-66(62)52-25-9-14-33-63(52)72-64)44-37-38-50-49-23-7-12-28-55(49)69(60(50)41-44)53-26-10-5-21-47(53)48-22-6-11-27-54(48)69/h1-41H. The van der Waals surface area contributed by atoms with E-state index in [1.54, 1.807) is 0 Å². The molecule has 17 rings (SSSR count). The van der Waals surface area contributed by atoms with E-state index in [9.17, 15) is 0 Å². The van der Waals surface area contributed by atoms with E-state index in [1.807, 2.05) is 0 Å². The number of fused-ring (bicyclic) bond motifs is 26. The molecular weight excluding hydrogens is 887 g/mol. The van der Waals surface area contributed by atoms with Gasteiger partial charge < -0.3 is 14.1 Å². The minimum Gasteiger partial charge on any atom is -0.456 e. The van der Waals surface area contributed by atoms with E-state index >= 15 is 0 Å². The lowest BCUT2D eigenvalue weighted by atomic mass is 9.65. The van der Waals surface area contributed by atoms with Crippen molar-refractivity contribution in [1.29, 1.82) is 0 Å². The molecule has 0 bridgehead atoms. The fourth-order valence-electron chi connectivity index (χ4n) is 14.2. The van der Waals surface area contributed by atoms with E-state index in [2.05, 4.69) is 254 Å². The van der Waals surface area contributed by atoms with Crippen molar-refractivity contribution in [3.8, 4) is 44.9 Å². The number of anilines is 3. The molecule has 1 aliphatic heterocycles. The lowest BCUT2D eigenvalue weighted by Crippen LogP contribution is -2.32. The van der Waals surface area contributed by atoms with E-state index in [0.29, 0.717) is 0 Å². The van der Waals surface area contributed by atoms with Crippen molar-refractivity contribution < 1.29 is 9.15 Å². The highest BCUT2D eigenvalue weighted by Gasteiger charge is 2.54. The van der Waals surface area contributed by atoms with Crippen LogP contribution < -0.4 is 9.64 Å². The van der Waals surface area contributed by atoms with Crippen molar-refractivity contribution in [3.63, 3.8) is 0 Å². The maximum atomic E-state index is 7.36. The Morgan fingerprint density at radius 3 is 1.41 bits per heavy atom. The minimum absolute atomic E-state index is 0.522. The number of hydrogen-bond donors (Lipinski definition) is 0. The molecule has 338 valence electrons. The third-order valence-electron chi connectivity index (χ3n) is 16.9. The average molecular weight is 928 g/mol. The molecule has 0 saturated heterocycles. The molecule has 4 aliphatic rings. The summed E-state index contributed by atoms with van der Waals surface area (Å²) in [6.07, 6.45) is 0. The van der Waals surface area contributed by atoms with Crippen molar-refractivity contribution in [2.75, 3.05) is 4.90 Å². The van der Waals surface area contributed by atoms with Crippen molar-refractivity contribution in [2.24, 2.45) is 0 Å². The number of rotatable bonds is 3. The second-order valence-electron chi connectivity index (χ2n) is 20.1. The van der Waals surface area contributed by atoms with Gasteiger partial charge in [-0.15, -0.1) is 0 Å². The predicted octanol–water partition coefficient (Wildman–Crippen LogP) is 18.2. The molecule has 2 spiro atoms. The third kappa shape index (κ3) is 4.80. The number of para-hydroxylation sites is 1. The van der Waals surface area contributed by atoms with E-state index in [0.717, 1.165) is 83.2 Å². The fourth-order valence-corrected chi connectivity index (χ4v) is 14.2. The van der Waals surface area contributed by atoms with Crippen molar-refractivity contribution in [3.05, 3.63) is 293 Å². The van der Waals surface area contributed by atoms with Crippen molar-refractivity contribution >= 4 is 60.5 Å². The second kappa shape index (κ2) is 14.1. The van der Waals surface area contributed by atoms with Gasteiger partial charge in [0.15, 0.2) is 0 Å². The summed E-state index contributed by atoms with van der Waals surface area (Å²) in [4.78, 5) is 2.55. The molecule has 0 radical (unpaired) electrons. The Morgan fingerprint density at radius 2 is 0.767 bits per heavy atom. The molecule has 0 saturated carbocycles. The molecule has 0 atom stereocenters. The molecule has 3 heteroatoms. The maximum Gasteiger partial charge on any atom is 0.140 e. The Kier molecular flexibility index (Phi) is 7.60. The highest BCUT2D eigenvalue weighted by atomic mass is 16.5. The number of nitrogens with zero attached hydrogens (tertiary/aromatic N) is 1. The zero-order valence-electron chi connectivity index (χ0n) is 39.4. The molecule has 2 heterocycles. The Balaban J connectivity index is 1.00. The van der Waals surface area contributed by atoms with Gasteiger partial charge in [-0.1, -0.05) is 212 Å². The van der Waals surface area contributed by atoms with Gasteiger partial charge >= 0.3 is 0 Å². The quantitative estimate of drug-likeness (QED) is 0.177. The highest BCUT2D eigenvalue weighted by molar-refractivity contribution is 6.15. The summed E-state index contributed by atoms with van der Waals surface area (Å²) in [5, 5.41) is 6.65. The predicted molar refractivity (Wildman–Crippen MR) is 297 cm³/mol. The van der Waals surface area contributed by atoms with Gasteiger partial charge in [-0.25, -0.2) is 0 Å². The van der Waals surface area contributed by atoms with Crippen LogP contribution in [0.3, 0.4) is 0 Å². The average Bonchev–Trinajstić information content (AvgIpc) is 4.25. The summed E-state index contributed by atoms with van der Waals surface area (Å²) in [6, 6.07) is 92.2. The van der Waals surface area contributed by atoms with Crippen LogP contribution in [0.2, 0.25) is 0 Å². The Hall–Kier alpha value is -9.44. The smallest absolute Gasteiger partial charge is 0.140 e. The Morgan fingerprint density at radius 1 is 0.301 bits per heavy atom. The first-order chi connectivity index (χ1) is 36.2. The maximum absolute atomic E-state index is 7.36. The molecule has 0 N–H and O–H groups in total. The van der Waals surface area contributed by atoms with Gasteiger partial charge in [-0.3, -0.25) is 0 Å². The zero-order chi connectivity index (χ0) is 47.6. The topological polar surface area (TPSA) is 25.6 Å². The zero-order valence-corrected chi connectivity index (χ0v) is 39.4. The number of ether oxygens (including phenoxy) is 1. The molecule has 3 aliphatic carbocycles. The summed E-state index contributed by atoms with van der Waals surface area (Å²) in [7, 11) is 0. The van der Waals surface area contributed by atoms with Gasteiger partial charge in [0.1, 0.15) is 22.7 Å². The van der Waals surface area contributed by atoms with Gasteiger partial charge in [-0.2, -0.15) is 0 Å². The first-order valence-corrected chi connectivity index (χ1v) is 25.3. The second-order valence-corrected chi connectivity index (χ2v) is 20.1. The Bertz CT molecular complexity index is 4430. The Labute approximate surface area is 421 Å². The largest absolute Gasteiger partial charge is 0.456 e. The van der Waals surface area contributed by atoms with Crippen LogP contribution in [-0.4, -0.2) is 0 Å². The molecule has 1 aromatic heterocycles. The van der Waals surface area contributed by atoms with Crippen LogP contribution in [0.5, 0.6) is 11.5 Å². The van der Waals surface area contributed by atoms with Crippen LogP contribution in [0.15, 0.2) is 253 Å². The first-order valence-electron chi connectivity index (χ1n) is 25.3. The van der Waals surface area contributed by atoms with Crippen LogP contribution in [0.4, 0.5) is 17.1 Å². The molecule has 0 unspecified atom stereocenters.